The molecule has 1 aliphatic heterocycles. The van der Waals surface area contributed by atoms with Crippen molar-refractivity contribution < 1.29 is 14.3 Å². The molecule has 4 nitrogen and oxygen atoms in total. The van der Waals surface area contributed by atoms with E-state index in [0.29, 0.717) is 0 Å². The Morgan fingerprint density at radius 2 is 2.41 bits per heavy atom. The van der Waals surface area contributed by atoms with Gasteiger partial charge in [-0.05, 0) is 45.4 Å². The highest BCUT2D eigenvalue weighted by Crippen LogP contribution is 2.30. The van der Waals surface area contributed by atoms with Gasteiger partial charge in [0, 0.05) is 6.04 Å². The molecule has 4 heteroatoms. The molecule has 1 aromatic heterocycles. The molecule has 0 spiro atoms. The lowest BCUT2D eigenvalue weighted by molar-refractivity contribution is -0.144. The van der Waals surface area contributed by atoms with Crippen LogP contribution in [0, 0.1) is 5.92 Å². The standard InChI is InChI=1S/C13H19NO3/c1-9-8-11(13(15)16)5-6-14(9)10(2)12-4-3-7-17-12/h3-4,7,9-11H,5-6,8H2,1-2H3,(H,15,16). The summed E-state index contributed by atoms with van der Waals surface area (Å²) in [7, 11) is 0. The largest absolute Gasteiger partial charge is 0.481 e. The van der Waals surface area contributed by atoms with E-state index in [-0.39, 0.29) is 18.0 Å². The molecular weight excluding hydrogens is 218 g/mol. The van der Waals surface area contributed by atoms with Crippen LogP contribution in [-0.2, 0) is 4.79 Å². The first-order chi connectivity index (χ1) is 8.09. The van der Waals surface area contributed by atoms with Gasteiger partial charge in [0.05, 0.1) is 18.2 Å². The number of carboxylic acid groups (broad SMARTS) is 1. The zero-order chi connectivity index (χ0) is 12.4. The Morgan fingerprint density at radius 1 is 1.65 bits per heavy atom. The van der Waals surface area contributed by atoms with Crippen molar-refractivity contribution in [2.24, 2.45) is 5.92 Å². The molecule has 0 saturated carbocycles. The van der Waals surface area contributed by atoms with E-state index in [1.165, 1.54) is 0 Å². The number of aliphatic carboxylic acids is 1. The predicted octanol–water partition coefficient (Wildman–Crippen LogP) is 2.53. The minimum Gasteiger partial charge on any atom is -0.481 e. The first-order valence-electron chi connectivity index (χ1n) is 6.11. The second-order valence-electron chi connectivity index (χ2n) is 4.84. The molecule has 1 saturated heterocycles. The van der Waals surface area contributed by atoms with E-state index in [2.05, 4.69) is 18.7 Å². The summed E-state index contributed by atoms with van der Waals surface area (Å²) in [6, 6.07) is 4.36. The van der Waals surface area contributed by atoms with Gasteiger partial charge in [0.15, 0.2) is 0 Å². The number of carbonyl (C=O) groups is 1. The summed E-state index contributed by atoms with van der Waals surface area (Å²) in [4.78, 5) is 13.3. The smallest absolute Gasteiger partial charge is 0.306 e. The summed E-state index contributed by atoms with van der Waals surface area (Å²) in [6.07, 6.45) is 3.13. The van der Waals surface area contributed by atoms with Crippen molar-refractivity contribution >= 4 is 5.97 Å². The highest BCUT2D eigenvalue weighted by Gasteiger charge is 2.32. The van der Waals surface area contributed by atoms with Gasteiger partial charge < -0.3 is 9.52 Å². The van der Waals surface area contributed by atoms with Crippen molar-refractivity contribution in [3.05, 3.63) is 24.2 Å². The van der Waals surface area contributed by atoms with Crippen molar-refractivity contribution in [3.63, 3.8) is 0 Å². The maximum Gasteiger partial charge on any atom is 0.306 e. The molecule has 0 bridgehead atoms. The molecule has 0 radical (unpaired) electrons. The van der Waals surface area contributed by atoms with Crippen LogP contribution in [0.15, 0.2) is 22.8 Å². The predicted molar refractivity (Wildman–Crippen MR) is 63.7 cm³/mol. The summed E-state index contributed by atoms with van der Waals surface area (Å²) in [6.45, 7) is 5.02. The zero-order valence-electron chi connectivity index (χ0n) is 10.3. The topological polar surface area (TPSA) is 53.7 Å². The second kappa shape index (κ2) is 4.92. The summed E-state index contributed by atoms with van der Waals surface area (Å²) < 4.78 is 5.41. The Balaban J connectivity index is 2.02. The van der Waals surface area contributed by atoms with E-state index < -0.39 is 5.97 Å². The van der Waals surface area contributed by atoms with Crippen molar-refractivity contribution in [1.82, 2.24) is 4.90 Å². The Hall–Kier alpha value is -1.29. The normalized spacial score (nSPS) is 27.9. The van der Waals surface area contributed by atoms with E-state index in [0.717, 1.165) is 25.1 Å². The van der Waals surface area contributed by atoms with Crippen LogP contribution in [0.25, 0.3) is 0 Å². The summed E-state index contributed by atoms with van der Waals surface area (Å²) in [5.41, 5.74) is 0. The fourth-order valence-electron chi connectivity index (χ4n) is 2.68. The van der Waals surface area contributed by atoms with Crippen LogP contribution in [0.1, 0.15) is 38.5 Å². The van der Waals surface area contributed by atoms with E-state index >= 15 is 0 Å². The number of carboxylic acids is 1. The Labute approximate surface area is 101 Å². The zero-order valence-corrected chi connectivity index (χ0v) is 10.3. The van der Waals surface area contributed by atoms with E-state index in [1.807, 2.05) is 12.1 Å². The number of hydrogen-bond donors (Lipinski definition) is 1. The van der Waals surface area contributed by atoms with E-state index in [1.54, 1.807) is 6.26 Å². The van der Waals surface area contributed by atoms with Crippen LogP contribution in [-0.4, -0.2) is 28.6 Å². The quantitative estimate of drug-likeness (QED) is 0.877. The lowest BCUT2D eigenvalue weighted by atomic mass is 9.90. The molecule has 0 aliphatic carbocycles. The average Bonchev–Trinajstić information content (AvgIpc) is 2.81. The van der Waals surface area contributed by atoms with Crippen molar-refractivity contribution in [2.75, 3.05) is 6.54 Å². The van der Waals surface area contributed by atoms with Gasteiger partial charge in [-0.15, -0.1) is 0 Å². The third kappa shape index (κ3) is 2.52. The Bertz CT molecular complexity index is 374. The number of piperidine rings is 1. The minimum atomic E-state index is -0.665. The lowest BCUT2D eigenvalue weighted by Gasteiger charge is -2.39. The third-order valence-electron chi connectivity index (χ3n) is 3.73. The van der Waals surface area contributed by atoms with Gasteiger partial charge >= 0.3 is 5.97 Å². The van der Waals surface area contributed by atoms with Gasteiger partial charge in [-0.25, -0.2) is 0 Å². The van der Waals surface area contributed by atoms with Crippen LogP contribution < -0.4 is 0 Å². The van der Waals surface area contributed by atoms with Gasteiger partial charge in [-0.2, -0.15) is 0 Å². The van der Waals surface area contributed by atoms with Crippen LogP contribution in [0.5, 0.6) is 0 Å². The molecule has 3 atom stereocenters. The average molecular weight is 237 g/mol. The fraction of sp³-hybridized carbons (Fsp3) is 0.615. The Morgan fingerprint density at radius 3 is 2.94 bits per heavy atom. The fourth-order valence-corrected chi connectivity index (χ4v) is 2.68. The number of hydrogen-bond acceptors (Lipinski definition) is 3. The van der Waals surface area contributed by atoms with Crippen molar-refractivity contribution in [2.45, 2.75) is 38.8 Å². The molecule has 3 unspecified atom stereocenters. The number of likely N-dealkylation sites (tertiary alicyclic amines) is 1. The lowest BCUT2D eigenvalue weighted by Crippen LogP contribution is -2.43. The van der Waals surface area contributed by atoms with Crippen LogP contribution in [0.4, 0.5) is 0 Å². The SMILES string of the molecule is CC1CC(C(=O)O)CCN1C(C)c1ccco1. The van der Waals surface area contributed by atoms with Gasteiger partial charge in [0.2, 0.25) is 0 Å². The van der Waals surface area contributed by atoms with Gasteiger partial charge in [0.1, 0.15) is 5.76 Å². The number of nitrogens with zero attached hydrogens (tertiary/aromatic N) is 1. The summed E-state index contributed by atoms with van der Waals surface area (Å²) in [5, 5.41) is 9.03. The van der Waals surface area contributed by atoms with Crippen molar-refractivity contribution in [1.29, 1.82) is 0 Å². The molecule has 17 heavy (non-hydrogen) atoms. The highest BCUT2D eigenvalue weighted by molar-refractivity contribution is 5.70. The molecule has 1 fully saturated rings. The summed E-state index contributed by atoms with van der Waals surface area (Å²) in [5.74, 6) is 0.0952. The molecule has 1 aromatic rings. The van der Waals surface area contributed by atoms with Gasteiger partial charge in [0.25, 0.3) is 0 Å². The molecule has 1 N–H and O–H groups in total. The third-order valence-corrected chi connectivity index (χ3v) is 3.73. The molecule has 1 aliphatic rings. The molecule has 2 rings (SSSR count). The van der Waals surface area contributed by atoms with Gasteiger partial charge in [-0.1, -0.05) is 0 Å². The number of rotatable bonds is 3. The first-order valence-corrected chi connectivity index (χ1v) is 6.11. The number of furan rings is 1. The Kier molecular flexibility index (Phi) is 3.52. The molecule has 2 heterocycles. The highest BCUT2D eigenvalue weighted by atomic mass is 16.4. The summed E-state index contributed by atoms with van der Waals surface area (Å²) >= 11 is 0. The van der Waals surface area contributed by atoms with Crippen LogP contribution >= 0.6 is 0 Å². The van der Waals surface area contributed by atoms with Crippen LogP contribution in [0.3, 0.4) is 0 Å². The monoisotopic (exact) mass is 237 g/mol. The molecular formula is C13H19NO3. The maximum atomic E-state index is 11.0. The maximum absolute atomic E-state index is 11.0. The van der Waals surface area contributed by atoms with Crippen molar-refractivity contribution in [3.8, 4) is 0 Å². The molecule has 0 amide bonds. The minimum absolute atomic E-state index is 0.190. The van der Waals surface area contributed by atoms with E-state index in [9.17, 15) is 4.79 Å². The van der Waals surface area contributed by atoms with Gasteiger partial charge in [-0.3, -0.25) is 9.69 Å². The molecule has 94 valence electrons. The molecule has 0 aromatic carbocycles. The van der Waals surface area contributed by atoms with E-state index in [4.69, 9.17) is 9.52 Å². The van der Waals surface area contributed by atoms with Crippen LogP contribution in [0.2, 0.25) is 0 Å². The second-order valence-corrected chi connectivity index (χ2v) is 4.84. The first kappa shape index (κ1) is 12.2.